The number of imidazole rings is 1. The van der Waals surface area contributed by atoms with E-state index in [1.807, 2.05) is 31.2 Å². The van der Waals surface area contributed by atoms with Crippen LogP contribution in [0.1, 0.15) is 5.69 Å². The minimum absolute atomic E-state index is 0.958. The van der Waals surface area contributed by atoms with Gasteiger partial charge in [0.2, 0.25) is 0 Å². The third-order valence-corrected chi connectivity index (χ3v) is 3.89. The Morgan fingerprint density at radius 3 is 2.57 bits per heavy atom. The lowest BCUT2D eigenvalue weighted by molar-refractivity contribution is 0.960. The predicted octanol–water partition coefficient (Wildman–Crippen LogP) is 4.10. The van der Waals surface area contributed by atoms with Crippen LogP contribution in [0.5, 0.6) is 0 Å². The van der Waals surface area contributed by atoms with Crippen LogP contribution in [0.2, 0.25) is 0 Å². The molecule has 0 spiro atoms. The van der Waals surface area contributed by atoms with Gasteiger partial charge in [0.05, 0.1) is 16.6 Å². The number of aryl methyl sites for hydroxylation is 2. The van der Waals surface area contributed by atoms with Crippen molar-refractivity contribution in [1.29, 1.82) is 0 Å². The third kappa shape index (κ3) is 1.82. The molecule has 0 saturated carbocycles. The van der Waals surface area contributed by atoms with E-state index < -0.39 is 0 Å². The van der Waals surface area contributed by atoms with Crippen molar-refractivity contribution in [3.8, 4) is 11.4 Å². The SMILES string of the molecule is Cc1ccc2cccc(-c3nc4ccccc4n3C)c2n1. The van der Waals surface area contributed by atoms with Crippen molar-refractivity contribution in [2.24, 2.45) is 7.05 Å². The van der Waals surface area contributed by atoms with E-state index in [4.69, 9.17) is 9.97 Å². The zero-order valence-corrected chi connectivity index (χ0v) is 12.0. The van der Waals surface area contributed by atoms with Crippen LogP contribution in [0.25, 0.3) is 33.3 Å². The lowest BCUT2D eigenvalue weighted by Gasteiger charge is -2.07. The molecular formula is C18H15N3. The fourth-order valence-corrected chi connectivity index (χ4v) is 2.81. The molecule has 2 aromatic carbocycles. The number of rotatable bonds is 1. The van der Waals surface area contributed by atoms with Crippen LogP contribution in [-0.2, 0) is 7.05 Å². The Bertz CT molecular complexity index is 967. The second-order valence-corrected chi connectivity index (χ2v) is 5.31. The summed E-state index contributed by atoms with van der Waals surface area (Å²) in [5.41, 5.74) is 5.26. The van der Waals surface area contributed by atoms with Gasteiger partial charge in [-0.2, -0.15) is 0 Å². The number of hydrogen-bond acceptors (Lipinski definition) is 2. The predicted molar refractivity (Wildman–Crippen MR) is 86.2 cm³/mol. The fraction of sp³-hybridized carbons (Fsp3) is 0.111. The van der Waals surface area contributed by atoms with Crippen molar-refractivity contribution in [2.45, 2.75) is 6.92 Å². The Morgan fingerprint density at radius 1 is 0.857 bits per heavy atom. The Morgan fingerprint density at radius 2 is 1.71 bits per heavy atom. The summed E-state index contributed by atoms with van der Waals surface area (Å²) in [4.78, 5) is 9.50. The van der Waals surface area contributed by atoms with E-state index in [2.05, 4.69) is 41.9 Å². The summed E-state index contributed by atoms with van der Waals surface area (Å²) in [6.45, 7) is 2.02. The minimum atomic E-state index is 0.958. The van der Waals surface area contributed by atoms with Crippen LogP contribution in [0, 0.1) is 6.92 Å². The van der Waals surface area contributed by atoms with Crippen molar-refractivity contribution >= 4 is 21.9 Å². The molecule has 0 aliphatic carbocycles. The lowest BCUT2D eigenvalue weighted by atomic mass is 10.1. The van der Waals surface area contributed by atoms with Crippen LogP contribution >= 0.6 is 0 Å². The normalized spacial score (nSPS) is 11.3. The van der Waals surface area contributed by atoms with E-state index in [9.17, 15) is 0 Å². The molecule has 2 heterocycles. The van der Waals surface area contributed by atoms with Crippen LogP contribution in [0.3, 0.4) is 0 Å². The fourth-order valence-electron chi connectivity index (χ4n) is 2.81. The minimum Gasteiger partial charge on any atom is -0.327 e. The topological polar surface area (TPSA) is 30.7 Å². The zero-order valence-electron chi connectivity index (χ0n) is 12.0. The summed E-state index contributed by atoms with van der Waals surface area (Å²) in [7, 11) is 2.05. The molecular weight excluding hydrogens is 258 g/mol. The molecule has 0 saturated heterocycles. The number of fused-ring (bicyclic) bond motifs is 2. The third-order valence-electron chi connectivity index (χ3n) is 3.89. The van der Waals surface area contributed by atoms with Gasteiger partial charge in [0.15, 0.2) is 0 Å². The second kappa shape index (κ2) is 4.42. The molecule has 4 rings (SSSR count). The standard InChI is InChI=1S/C18H15N3/c1-12-10-11-13-6-5-7-14(17(13)19-12)18-20-15-8-3-4-9-16(15)21(18)2/h3-11H,1-2H3. The summed E-state index contributed by atoms with van der Waals surface area (Å²) in [5.74, 6) is 0.958. The average Bonchev–Trinajstić information content (AvgIpc) is 2.84. The van der Waals surface area contributed by atoms with Crippen molar-refractivity contribution in [3.63, 3.8) is 0 Å². The van der Waals surface area contributed by atoms with Crippen LogP contribution in [0.4, 0.5) is 0 Å². The number of aromatic nitrogens is 3. The molecule has 3 heteroatoms. The molecule has 3 nitrogen and oxygen atoms in total. The molecule has 0 fully saturated rings. The van der Waals surface area contributed by atoms with Gasteiger partial charge in [0.25, 0.3) is 0 Å². The molecule has 2 aromatic heterocycles. The van der Waals surface area contributed by atoms with Gasteiger partial charge in [-0.1, -0.05) is 30.3 Å². The first-order valence-electron chi connectivity index (χ1n) is 7.02. The first-order chi connectivity index (χ1) is 10.2. The highest BCUT2D eigenvalue weighted by atomic mass is 15.1. The van der Waals surface area contributed by atoms with Gasteiger partial charge >= 0.3 is 0 Å². The Balaban J connectivity index is 2.09. The number of pyridine rings is 1. The summed E-state index contributed by atoms with van der Waals surface area (Å²) >= 11 is 0. The maximum Gasteiger partial charge on any atom is 0.143 e. The van der Waals surface area contributed by atoms with Crippen molar-refractivity contribution < 1.29 is 0 Å². The molecule has 0 bridgehead atoms. The number of hydrogen-bond donors (Lipinski definition) is 0. The molecule has 0 N–H and O–H groups in total. The van der Waals surface area contributed by atoms with E-state index in [1.54, 1.807) is 0 Å². The second-order valence-electron chi connectivity index (χ2n) is 5.31. The van der Waals surface area contributed by atoms with Gasteiger partial charge in [-0.05, 0) is 31.2 Å². The number of nitrogens with zero attached hydrogens (tertiary/aromatic N) is 3. The smallest absolute Gasteiger partial charge is 0.143 e. The van der Waals surface area contributed by atoms with Gasteiger partial charge in [0, 0.05) is 23.7 Å². The molecule has 0 aliphatic heterocycles. The monoisotopic (exact) mass is 273 g/mol. The largest absolute Gasteiger partial charge is 0.327 e. The number of benzene rings is 2. The van der Waals surface area contributed by atoms with E-state index in [0.717, 1.165) is 39.0 Å². The first-order valence-corrected chi connectivity index (χ1v) is 7.02. The Kier molecular flexibility index (Phi) is 2.54. The van der Waals surface area contributed by atoms with Gasteiger partial charge in [-0.25, -0.2) is 4.98 Å². The van der Waals surface area contributed by atoms with Gasteiger partial charge in [-0.3, -0.25) is 4.98 Å². The highest BCUT2D eigenvalue weighted by Crippen LogP contribution is 2.29. The van der Waals surface area contributed by atoms with Gasteiger partial charge in [0.1, 0.15) is 5.82 Å². The number of para-hydroxylation sites is 3. The highest BCUT2D eigenvalue weighted by Gasteiger charge is 2.12. The van der Waals surface area contributed by atoms with Crippen molar-refractivity contribution in [1.82, 2.24) is 14.5 Å². The molecule has 0 atom stereocenters. The van der Waals surface area contributed by atoms with E-state index in [-0.39, 0.29) is 0 Å². The van der Waals surface area contributed by atoms with Crippen molar-refractivity contribution in [2.75, 3.05) is 0 Å². The molecule has 102 valence electrons. The lowest BCUT2D eigenvalue weighted by Crippen LogP contribution is -1.95. The van der Waals surface area contributed by atoms with Crippen molar-refractivity contribution in [3.05, 3.63) is 60.3 Å². The first kappa shape index (κ1) is 12.1. The van der Waals surface area contributed by atoms with Crippen LogP contribution in [0.15, 0.2) is 54.6 Å². The Hall–Kier alpha value is -2.68. The maximum atomic E-state index is 4.79. The van der Waals surface area contributed by atoms with E-state index in [0.29, 0.717) is 0 Å². The average molecular weight is 273 g/mol. The zero-order chi connectivity index (χ0) is 14.4. The quantitative estimate of drug-likeness (QED) is 0.523. The molecule has 0 radical (unpaired) electrons. The summed E-state index contributed by atoms with van der Waals surface area (Å²) in [6, 6.07) is 18.6. The molecule has 4 aromatic rings. The summed E-state index contributed by atoms with van der Waals surface area (Å²) in [6.07, 6.45) is 0. The van der Waals surface area contributed by atoms with Gasteiger partial charge in [-0.15, -0.1) is 0 Å². The highest BCUT2D eigenvalue weighted by molar-refractivity contribution is 5.94. The molecule has 0 aliphatic rings. The molecule has 21 heavy (non-hydrogen) atoms. The molecule has 0 amide bonds. The van der Waals surface area contributed by atoms with Gasteiger partial charge < -0.3 is 4.57 Å². The maximum absolute atomic E-state index is 4.79. The van der Waals surface area contributed by atoms with E-state index >= 15 is 0 Å². The molecule has 0 unspecified atom stereocenters. The Labute approximate surface area is 122 Å². The summed E-state index contributed by atoms with van der Waals surface area (Å²) in [5, 5.41) is 1.14. The summed E-state index contributed by atoms with van der Waals surface area (Å²) < 4.78 is 2.13. The van der Waals surface area contributed by atoms with Crippen LogP contribution < -0.4 is 0 Å². The van der Waals surface area contributed by atoms with E-state index in [1.165, 1.54) is 0 Å². The van der Waals surface area contributed by atoms with Crippen LogP contribution in [-0.4, -0.2) is 14.5 Å².